The van der Waals surface area contributed by atoms with Crippen molar-refractivity contribution in [3.05, 3.63) is 60.9 Å². The van der Waals surface area contributed by atoms with E-state index in [1.54, 1.807) is 6.20 Å². The first-order chi connectivity index (χ1) is 9.88. The van der Waals surface area contributed by atoms with Gasteiger partial charge in [0, 0.05) is 25.1 Å². The Bertz CT molecular complexity index is 669. The van der Waals surface area contributed by atoms with Gasteiger partial charge in [-0.1, -0.05) is 12.1 Å². The van der Waals surface area contributed by atoms with Crippen LogP contribution in [0.3, 0.4) is 0 Å². The zero-order valence-corrected chi connectivity index (χ0v) is 11.4. The number of rotatable bonds is 5. The molecule has 2 aromatic heterocycles. The average Bonchev–Trinajstić information content (AvgIpc) is 3.16. The highest BCUT2D eigenvalue weighted by atomic mass is 15.3. The fraction of sp³-hybridized carbons (Fsp3) is 0.200. The van der Waals surface area contributed by atoms with Gasteiger partial charge in [-0.15, -0.1) is 0 Å². The maximum absolute atomic E-state index is 4.28. The van der Waals surface area contributed by atoms with E-state index in [-0.39, 0.29) is 0 Å². The molecule has 0 fully saturated rings. The van der Waals surface area contributed by atoms with Crippen LogP contribution in [0.5, 0.6) is 0 Å². The summed E-state index contributed by atoms with van der Waals surface area (Å²) in [5.41, 5.74) is 3.27. The predicted octanol–water partition coefficient (Wildman–Crippen LogP) is 2.70. The molecule has 0 radical (unpaired) electrons. The molecule has 0 saturated carbocycles. The third-order valence-corrected chi connectivity index (χ3v) is 3.25. The van der Waals surface area contributed by atoms with Crippen molar-refractivity contribution in [2.45, 2.75) is 20.0 Å². The standard InChI is InChI=1S/C15H17N5/c1-2-19-12-16-10-13(19)11-17-14-6-3-4-7-15(14)20-9-5-8-18-20/h3-10,12,17H,2,11H2,1H3. The van der Waals surface area contributed by atoms with E-state index in [1.807, 2.05) is 47.7 Å². The van der Waals surface area contributed by atoms with Crippen molar-refractivity contribution >= 4 is 5.69 Å². The second kappa shape index (κ2) is 5.61. The molecule has 3 rings (SSSR count). The lowest BCUT2D eigenvalue weighted by Gasteiger charge is -2.12. The number of hydrogen-bond acceptors (Lipinski definition) is 3. The molecule has 20 heavy (non-hydrogen) atoms. The Morgan fingerprint density at radius 1 is 1.20 bits per heavy atom. The van der Waals surface area contributed by atoms with Crippen LogP contribution in [0.1, 0.15) is 12.6 Å². The molecule has 0 amide bonds. The summed E-state index contributed by atoms with van der Waals surface area (Å²) in [6.07, 6.45) is 7.48. The number of aryl methyl sites for hydroxylation is 1. The molecule has 5 nitrogen and oxygen atoms in total. The highest BCUT2D eigenvalue weighted by Gasteiger charge is 2.05. The Balaban J connectivity index is 1.81. The molecule has 2 heterocycles. The van der Waals surface area contributed by atoms with E-state index in [0.717, 1.165) is 24.5 Å². The smallest absolute Gasteiger partial charge is 0.0948 e. The first-order valence-electron chi connectivity index (χ1n) is 6.70. The lowest BCUT2D eigenvalue weighted by atomic mass is 10.2. The molecule has 1 N–H and O–H groups in total. The zero-order chi connectivity index (χ0) is 13.8. The van der Waals surface area contributed by atoms with Gasteiger partial charge in [-0.3, -0.25) is 0 Å². The van der Waals surface area contributed by atoms with Crippen LogP contribution >= 0.6 is 0 Å². The van der Waals surface area contributed by atoms with Crippen molar-refractivity contribution in [3.8, 4) is 5.69 Å². The van der Waals surface area contributed by atoms with Crippen LogP contribution in [0.4, 0.5) is 5.69 Å². The highest BCUT2D eigenvalue weighted by molar-refractivity contribution is 5.60. The maximum atomic E-state index is 4.28. The molecule has 3 aromatic rings. The van der Waals surface area contributed by atoms with Crippen LogP contribution in [0.2, 0.25) is 0 Å². The van der Waals surface area contributed by atoms with E-state index in [2.05, 4.69) is 33.0 Å². The number of benzene rings is 1. The molecule has 0 spiro atoms. The van der Waals surface area contributed by atoms with Gasteiger partial charge in [0.15, 0.2) is 0 Å². The molecule has 0 aliphatic rings. The van der Waals surface area contributed by atoms with E-state index in [4.69, 9.17) is 0 Å². The number of imidazole rings is 1. The minimum Gasteiger partial charge on any atom is -0.378 e. The minimum absolute atomic E-state index is 0.742. The molecule has 1 aromatic carbocycles. The van der Waals surface area contributed by atoms with Crippen LogP contribution in [-0.2, 0) is 13.1 Å². The van der Waals surface area contributed by atoms with E-state index in [1.165, 1.54) is 5.69 Å². The summed E-state index contributed by atoms with van der Waals surface area (Å²) < 4.78 is 3.99. The number of para-hydroxylation sites is 2. The Kier molecular flexibility index (Phi) is 3.50. The second-order valence-corrected chi connectivity index (χ2v) is 4.49. The van der Waals surface area contributed by atoms with Gasteiger partial charge >= 0.3 is 0 Å². The third-order valence-electron chi connectivity index (χ3n) is 3.25. The number of nitrogens with one attached hydrogen (secondary N) is 1. The van der Waals surface area contributed by atoms with Gasteiger partial charge in [0.25, 0.3) is 0 Å². The van der Waals surface area contributed by atoms with Gasteiger partial charge < -0.3 is 9.88 Å². The first kappa shape index (κ1) is 12.5. The van der Waals surface area contributed by atoms with Crippen molar-refractivity contribution in [3.63, 3.8) is 0 Å². The molecule has 0 aliphatic carbocycles. The molecular weight excluding hydrogens is 250 g/mol. The molecule has 0 bridgehead atoms. The minimum atomic E-state index is 0.742. The van der Waals surface area contributed by atoms with Crippen LogP contribution < -0.4 is 5.32 Å². The SMILES string of the molecule is CCn1cncc1CNc1ccccc1-n1cccn1. The lowest BCUT2D eigenvalue weighted by molar-refractivity contribution is 0.719. The fourth-order valence-corrected chi connectivity index (χ4v) is 2.20. The predicted molar refractivity (Wildman–Crippen MR) is 78.8 cm³/mol. The van der Waals surface area contributed by atoms with Crippen molar-refractivity contribution in [2.24, 2.45) is 0 Å². The largest absolute Gasteiger partial charge is 0.378 e. The van der Waals surface area contributed by atoms with Crippen LogP contribution in [0, 0.1) is 0 Å². The van der Waals surface area contributed by atoms with Gasteiger partial charge in [-0.2, -0.15) is 5.10 Å². The van der Waals surface area contributed by atoms with Crippen LogP contribution in [0.15, 0.2) is 55.2 Å². The second-order valence-electron chi connectivity index (χ2n) is 4.49. The quantitative estimate of drug-likeness (QED) is 0.773. The maximum Gasteiger partial charge on any atom is 0.0948 e. The van der Waals surface area contributed by atoms with Crippen LogP contribution in [0.25, 0.3) is 5.69 Å². The molecule has 0 aliphatic heterocycles. The topological polar surface area (TPSA) is 47.7 Å². The lowest BCUT2D eigenvalue weighted by Crippen LogP contribution is -2.08. The molecule has 0 unspecified atom stereocenters. The number of hydrogen-bond donors (Lipinski definition) is 1. The fourth-order valence-electron chi connectivity index (χ4n) is 2.20. The van der Waals surface area contributed by atoms with E-state index < -0.39 is 0 Å². The Labute approximate surface area is 117 Å². The average molecular weight is 267 g/mol. The molecular formula is C15H17N5. The van der Waals surface area contributed by atoms with Gasteiger partial charge in [0.2, 0.25) is 0 Å². The third kappa shape index (κ3) is 2.42. The highest BCUT2D eigenvalue weighted by Crippen LogP contribution is 2.19. The Hall–Kier alpha value is -2.56. The summed E-state index contributed by atoms with van der Waals surface area (Å²) in [5, 5.41) is 7.74. The number of aromatic nitrogens is 4. The molecule has 0 atom stereocenters. The van der Waals surface area contributed by atoms with E-state index in [9.17, 15) is 0 Å². The van der Waals surface area contributed by atoms with Gasteiger partial charge in [0.1, 0.15) is 0 Å². The molecule has 0 saturated heterocycles. The van der Waals surface area contributed by atoms with E-state index >= 15 is 0 Å². The Morgan fingerprint density at radius 2 is 2.10 bits per heavy atom. The van der Waals surface area contributed by atoms with Gasteiger partial charge in [-0.25, -0.2) is 9.67 Å². The summed E-state index contributed by atoms with van der Waals surface area (Å²) in [6.45, 7) is 3.78. The molecule has 5 heteroatoms. The first-order valence-corrected chi connectivity index (χ1v) is 6.70. The summed E-state index contributed by atoms with van der Waals surface area (Å²) in [5.74, 6) is 0. The van der Waals surface area contributed by atoms with Crippen molar-refractivity contribution in [1.29, 1.82) is 0 Å². The number of nitrogens with zero attached hydrogens (tertiary/aromatic N) is 4. The van der Waals surface area contributed by atoms with Crippen LogP contribution in [-0.4, -0.2) is 19.3 Å². The van der Waals surface area contributed by atoms with Crippen molar-refractivity contribution in [1.82, 2.24) is 19.3 Å². The summed E-state index contributed by atoms with van der Waals surface area (Å²) in [4.78, 5) is 4.18. The summed E-state index contributed by atoms with van der Waals surface area (Å²) >= 11 is 0. The van der Waals surface area contributed by atoms with Gasteiger partial charge in [-0.05, 0) is 25.1 Å². The van der Waals surface area contributed by atoms with Crippen molar-refractivity contribution < 1.29 is 0 Å². The zero-order valence-electron chi connectivity index (χ0n) is 11.4. The van der Waals surface area contributed by atoms with Crippen molar-refractivity contribution in [2.75, 3.05) is 5.32 Å². The number of anilines is 1. The summed E-state index contributed by atoms with van der Waals surface area (Å²) in [7, 11) is 0. The monoisotopic (exact) mass is 267 g/mol. The normalized spacial score (nSPS) is 10.7. The van der Waals surface area contributed by atoms with Gasteiger partial charge in [0.05, 0.1) is 29.9 Å². The summed E-state index contributed by atoms with van der Waals surface area (Å²) in [6, 6.07) is 10.1. The Morgan fingerprint density at radius 3 is 2.90 bits per heavy atom. The van der Waals surface area contributed by atoms with E-state index in [0.29, 0.717) is 0 Å². The molecule has 102 valence electrons.